The molecular formula is C18H30IN3OS. The number of halogens is 1. The highest BCUT2D eigenvalue weighted by Gasteiger charge is 2.28. The normalized spacial score (nSPS) is 18.5. The minimum absolute atomic E-state index is 0. The number of methoxy groups -OCH3 is 1. The first-order valence-electron chi connectivity index (χ1n) is 8.19. The molecule has 1 heterocycles. The van der Waals surface area contributed by atoms with E-state index in [9.17, 15) is 0 Å². The minimum atomic E-state index is 0. The molecule has 24 heavy (non-hydrogen) atoms. The molecule has 0 saturated carbocycles. The number of guanidine groups is 1. The quantitative estimate of drug-likeness (QED) is 0.419. The second-order valence-corrected chi connectivity index (χ2v) is 8.40. The van der Waals surface area contributed by atoms with Gasteiger partial charge in [0.05, 0.1) is 7.11 Å². The standard InChI is InChI=1S/C18H29N3OS.HI/c1-14(15-8-6-7-9-16(15)22-5)12-20-17(19-4)21-10-11-23-18(2,3)13-21;/h6-9,14H,10-13H2,1-5H3,(H,19,20);1H. The van der Waals surface area contributed by atoms with Crippen LogP contribution < -0.4 is 10.1 Å². The van der Waals surface area contributed by atoms with Crippen LogP contribution in [0.25, 0.3) is 0 Å². The lowest BCUT2D eigenvalue weighted by Gasteiger charge is -2.39. The molecule has 0 aliphatic carbocycles. The molecule has 0 amide bonds. The molecule has 0 spiro atoms. The molecule has 1 atom stereocenters. The Morgan fingerprint density at radius 2 is 2.12 bits per heavy atom. The zero-order valence-corrected chi connectivity index (χ0v) is 18.5. The topological polar surface area (TPSA) is 36.9 Å². The summed E-state index contributed by atoms with van der Waals surface area (Å²) in [6.07, 6.45) is 0. The summed E-state index contributed by atoms with van der Waals surface area (Å²) >= 11 is 2.04. The number of nitrogens with zero attached hydrogens (tertiary/aromatic N) is 2. The molecule has 1 aliphatic rings. The van der Waals surface area contributed by atoms with Crippen molar-refractivity contribution < 1.29 is 4.74 Å². The van der Waals surface area contributed by atoms with Gasteiger partial charge in [-0.05, 0) is 25.5 Å². The average Bonchev–Trinajstić information content (AvgIpc) is 2.54. The summed E-state index contributed by atoms with van der Waals surface area (Å²) in [7, 11) is 3.59. The lowest BCUT2D eigenvalue weighted by molar-refractivity contribution is 0.374. The molecule has 1 unspecified atom stereocenters. The fourth-order valence-electron chi connectivity index (χ4n) is 2.96. The van der Waals surface area contributed by atoms with Crippen molar-refractivity contribution in [3.05, 3.63) is 29.8 Å². The van der Waals surface area contributed by atoms with E-state index in [4.69, 9.17) is 4.74 Å². The van der Waals surface area contributed by atoms with Crippen LogP contribution in [0.2, 0.25) is 0 Å². The first-order chi connectivity index (χ1) is 11.0. The molecule has 6 heteroatoms. The van der Waals surface area contributed by atoms with Crippen molar-refractivity contribution in [2.24, 2.45) is 4.99 Å². The van der Waals surface area contributed by atoms with Gasteiger partial charge in [0.2, 0.25) is 0 Å². The van der Waals surface area contributed by atoms with Gasteiger partial charge in [0.25, 0.3) is 0 Å². The van der Waals surface area contributed by atoms with E-state index in [0.29, 0.717) is 5.92 Å². The van der Waals surface area contributed by atoms with E-state index >= 15 is 0 Å². The predicted octanol–water partition coefficient (Wildman–Crippen LogP) is 3.82. The van der Waals surface area contributed by atoms with Gasteiger partial charge in [0.1, 0.15) is 5.75 Å². The van der Waals surface area contributed by atoms with E-state index in [1.807, 2.05) is 30.9 Å². The van der Waals surface area contributed by atoms with Gasteiger partial charge in [-0.25, -0.2) is 0 Å². The fraction of sp³-hybridized carbons (Fsp3) is 0.611. The van der Waals surface area contributed by atoms with Gasteiger partial charge in [-0.2, -0.15) is 11.8 Å². The van der Waals surface area contributed by atoms with Gasteiger partial charge in [-0.3, -0.25) is 4.99 Å². The summed E-state index contributed by atoms with van der Waals surface area (Å²) in [4.78, 5) is 6.84. The summed E-state index contributed by atoms with van der Waals surface area (Å²) < 4.78 is 5.75. The number of aliphatic imine (C=N–C) groups is 1. The van der Waals surface area contributed by atoms with E-state index < -0.39 is 0 Å². The Labute approximate surface area is 167 Å². The van der Waals surface area contributed by atoms with Gasteiger partial charge in [-0.15, -0.1) is 24.0 Å². The molecule has 1 aliphatic heterocycles. The van der Waals surface area contributed by atoms with Crippen LogP contribution in [0.3, 0.4) is 0 Å². The van der Waals surface area contributed by atoms with E-state index in [0.717, 1.165) is 37.1 Å². The minimum Gasteiger partial charge on any atom is -0.496 e. The maximum Gasteiger partial charge on any atom is 0.193 e. The van der Waals surface area contributed by atoms with Crippen LogP contribution in [-0.2, 0) is 0 Å². The van der Waals surface area contributed by atoms with Crippen molar-refractivity contribution in [3.8, 4) is 5.75 Å². The van der Waals surface area contributed by atoms with Crippen molar-refractivity contribution in [2.75, 3.05) is 39.5 Å². The molecule has 1 saturated heterocycles. The lowest BCUT2D eigenvalue weighted by atomic mass is 10.0. The van der Waals surface area contributed by atoms with Crippen molar-refractivity contribution in [1.82, 2.24) is 10.2 Å². The number of para-hydroxylation sites is 1. The number of hydrogen-bond donors (Lipinski definition) is 1. The highest BCUT2D eigenvalue weighted by Crippen LogP contribution is 2.29. The van der Waals surface area contributed by atoms with E-state index in [2.05, 4.69) is 48.1 Å². The van der Waals surface area contributed by atoms with Crippen molar-refractivity contribution in [1.29, 1.82) is 0 Å². The zero-order chi connectivity index (χ0) is 16.9. The molecule has 0 aromatic heterocycles. The highest BCUT2D eigenvalue weighted by atomic mass is 127. The third kappa shape index (κ3) is 5.72. The molecule has 136 valence electrons. The largest absolute Gasteiger partial charge is 0.496 e. The highest BCUT2D eigenvalue weighted by molar-refractivity contribution is 14.0. The summed E-state index contributed by atoms with van der Waals surface area (Å²) in [6, 6.07) is 8.22. The Bertz CT molecular complexity index is 551. The second-order valence-electron chi connectivity index (χ2n) is 6.60. The van der Waals surface area contributed by atoms with Crippen LogP contribution in [0, 0.1) is 0 Å². The SMILES string of the molecule is CN=C(NCC(C)c1ccccc1OC)N1CCSC(C)(C)C1.I. The third-order valence-corrected chi connectivity index (χ3v) is 5.47. The van der Waals surface area contributed by atoms with Crippen LogP contribution in [0.1, 0.15) is 32.3 Å². The molecular weight excluding hydrogens is 433 g/mol. The van der Waals surface area contributed by atoms with Crippen molar-refractivity contribution in [2.45, 2.75) is 31.4 Å². The average molecular weight is 463 g/mol. The number of nitrogens with one attached hydrogen (secondary N) is 1. The third-order valence-electron chi connectivity index (χ3n) is 4.17. The summed E-state index contributed by atoms with van der Waals surface area (Å²) in [5, 5.41) is 3.54. The molecule has 4 nitrogen and oxygen atoms in total. The molecule has 0 bridgehead atoms. The van der Waals surface area contributed by atoms with Gasteiger partial charge in [0, 0.05) is 43.1 Å². The number of rotatable bonds is 4. The van der Waals surface area contributed by atoms with Crippen LogP contribution in [0.4, 0.5) is 0 Å². The molecule has 2 rings (SSSR count). The smallest absolute Gasteiger partial charge is 0.193 e. The summed E-state index contributed by atoms with van der Waals surface area (Å²) in [5.74, 6) is 3.46. The zero-order valence-electron chi connectivity index (χ0n) is 15.3. The Morgan fingerprint density at radius 3 is 2.75 bits per heavy atom. The van der Waals surface area contributed by atoms with Crippen molar-refractivity contribution in [3.63, 3.8) is 0 Å². The summed E-state index contributed by atoms with van der Waals surface area (Å²) in [6.45, 7) is 9.74. The number of hydrogen-bond acceptors (Lipinski definition) is 3. The molecule has 0 radical (unpaired) electrons. The van der Waals surface area contributed by atoms with Crippen molar-refractivity contribution >= 4 is 41.7 Å². The van der Waals surface area contributed by atoms with Crippen LogP contribution in [0.5, 0.6) is 5.75 Å². The Balaban J connectivity index is 0.00000288. The van der Waals surface area contributed by atoms with E-state index in [1.54, 1.807) is 7.11 Å². The van der Waals surface area contributed by atoms with Crippen LogP contribution in [-0.4, -0.2) is 55.2 Å². The Hall–Kier alpha value is -0.630. The Morgan fingerprint density at radius 1 is 1.42 bits per heavy atom. The van der Waals surface area contributed by atoms with Gasteiger partial charge in [0.15, 0.2) is 5.96 Å². The second kappa shape index (κ2) is 9.75. The number of ether oxygens (including phenoxy) is 1. The van der Waals surface area contributed by atoms with Crippen LogP contribution >= 0.6 is 35.7 Å². The van der Waals surface area contributed by atoms with Gasteiger partial charge < -0.3 is 15.0 Å². The Kier molecular flexibility index (Phi) is 8.70. The first-order valence-corrected chi connectivity index (χ1v) is 9.18. The predicted molar refractivity (Wildman–Crippen MR) is 116 cm³/mol. The first kappa shape index (κ1) is 21.4. The number of thioether (sulfide) groups is 1. The maximum absolute atomic E-state index is 5.47. The molecule has 1 N–H and O–H groups in total. The lowest BCUT2D eigenvalue weighted by Crippen LogP contribution is -2.51. The monoisotopic (exact) mass is 463 g/mol. The van der Waals surface area contributed by atoms with E-state index in [1.165, 1.54) is 5.56 Å². The summed E-state index contributed by atoms with van der Waals surface area (Å²) in [5.41, 5.74) is 1.23. The molecule has 1 aromatic rings. The van der Waals surface area contributed by atoms with Gasteiger partial charge >= 0.3 is 0 Å². The fourth-order valence-corrected chi connectivity index (χ4v) is 4.07. The van der Waals surface area contributed by atoms with Gasteiger partial charge in [-0.1, -0.05) is 25.1 Å². The molecule has 1 aromatic carbocycles. The van der Waals surface area contributed by atoms with E-state index in [-0.39, 0.29) is 28.7 Å². The molecule has 1 fully saturated rings. The van der Waals surface area contributed by atoms with Crippen LogP contribution in [0.15, 0.2) is 29.3 Å². The maximum atomic E-state index is 5.47. The number of benzene rings is 1.